The van der Waals surface area contributed by atoms with Gasteiger partial charge in [0, 0.05) is 63.5 Å². The van der Waals surface area contributed by atoms with Crippen LogP contribution in [0.2, 0.25) is 5.02 Å². The first-order chi connectivity index (χ1) is 23.0. The fourth-order valence-corrected chi connectivity index (χ4v) is 9.94. The number of aryl methyl sites for hydroxylation is 2. The number of anilines is 3. The number of carbonyl (C=O) groups excluding carboxylic acids is 1. The average molecular weight is 699 g/mol. The highest BCUT2D eigenvalue weighted by Crippen LogP contribution is 2.53. The van der Waals surface area contributed by atoms with Crippen LogP contribution in [0.3, 0.4) is 0 Å². The molecule has 3 aromatic rings. The predicted molar refractivity (Wildman–Crippen MR) is 177 cm³/mol. The van der Waals surface area contributed by atoms with Gasteiger partial charge in [-0.05, 0) is 44.2 Å². The Kier molecular flexibility index (Phi) is 7.50. The van der Waals surface area contributed by atoms with Gasteiger partial charge in [0.25, 0.3) is 5.91 Å². The third-order valence-corrected chi connectivity index (χ3v) is 12.3. The summed E-state index contributed by atoms with van der Waals surface area (Å²) >= 11 is 8.20. The maximum Gasteiger partial charge on any atom is 0.320 e. The number of alkyl halides is 1. The normalized spacial score (nSPS) is 24.2. The number of aromatic nitrogens is 4. The molecule has 1 spiro atoms. The summed E-state index contributed by atoms with van der Waals surface area (Å²) in [5.74, 6) is -0.699. The van der Waals surface area contributed by atoms with Gasteiger partial charge in [0.15, 0.2) is 17.3 Å². The molecule has 0 saturated carbocycles. The van der Waals surface area contributed by atoms with Gasteiger partial charge in [-0.15, -0.1) is 11.3 Å². The van der Waals surface area contributed by atoms with Crippen LogP contribution in [0.5, 0.6) is 6.01 Å². The van der Waals surface area contributed by atoms with Crippen molar-refractivity contribution < 1.29 is 18.3 Å². The van der Waals surface area contributed by atoms with Crippen LogP contribution in [0.4, 0.5) is 25.4 Å². The van der Waals surface area contributed by atoms with Crippen molar-refractivity contribution in [1.29, 1.82) is 5.26 Å². The van der Waals surface area contributed by atoms with E-state index in [0.717, 1.165) is 42.7 Å². The number of carbonyl (C=O) groups is 1. The number of rotatable bonds is 6. The van der Waals surface area contributed by atoms with Gasteiger partial charge >= 0.3 is 6.01 Å². The van der Waals surface area contributed by atoms with Gasteiger partial charge in [-0.1, -0.05) is 11.6 Å². The zero-order chi connectivity index (χ0) is 33.5. The number of nitrogens with two attached hydrogens (primary N) is 1. The highest BCUT2D eigenvalue weighted by Gasteiger charge is 2.53. The number of halogens is 3. The summed E-state index contributed by atoms with van der Waals surface area (Å²) < 4.78 is 39.3. The van der Waals surface area contributed by atoms with E-state index in [9.17, 15) is 14.4 Å². The van der Waals surface area contributed by atoms with E-state index in [1.807, 2.05) is 4.90 Å². The highest BCUT2D eigenvalue weighted by atomic mass is 35.5. The second-order valence-corrected chi connectivity index (χ2v) is 15.5. The van der Waals surface area contributed by atoms with Crippen LogP contribution in [-0.4, -0.2) is 101 Å². The van der Waals surface area contributed by atoms with E-state index in [4.69, 9.17) is 22.1 Å². The van der Waals surface area contributed by atoms with Crippen molar-refractivity contribution in [1.82, 2.24) is 29.5 Å². The van der Waals surface area contributed by atoms with Gasteiger partial charge in [0.05, 0.1) is 28.4 Å². The van der Waals surface area contributed by atoms with Crippen molar-refractivity contribution in [2.45, 2.75) is 68.7 Å². The molecule has 3 saturated heterocycles. The van der Waals surface area contributed by atoms with E-state index in [0.29, 0.717) is 61.8 Å². The summed E-state index contributed by atoms with van der Waals surface area (Å²) in [6.07, 6.45) is 3.55. The molecule has 1 amide bonds. The number of hydrogen-bond acceptors (Lipinski definition) is 11. The van der Waals surface area contributed by atoms with E-state index in [-0.39, 0.29) is 52.8 Å². The van der Waals surface area contributed by atoms with Gasteiger partial charge in [-0.2, -0.15) is 24.7 Å². The molecule has 0 aromatic carbocycles. The molecule has 7 heterocycles. The zero-order valence-electron chi connectivity index (χ0n) is 26.9. The van der Waals surface area contributed by atoms with Crippen molar-refractivity contribution in [3.05, 3.63) is 38.2 Å². The van der Waals surface area contributed by atoms with E-state index in [1.54, 1.807) is 23.7 Å². The van der Waals surface area contributed by atoms with Crippen LogP contribution in [0.1, 0.15) is 64.3 Å². The Balaban J connectivity index is 1.14. The molecular formula is C32H37ClF2N10O2S. The molecule has 48 heavy (non-hydrogen) atoms. The third kappa shape index (κ3) is 4.81. The number of nitrogens with zero attached hydrogens (tertiary/aromatic N) is 9. The number of amides is 1. The van der Waals surface area contributed by atoms with Crippen LogP contribution < -0.4 is 20.3 Å². The lowest BCUT2D eigenvalue weighted by molar-refractivity contribution is 0.0821. The first-order valence-corrected chi connectivity index (χ1v) is 17.6. The fourth-order valence-electron chi connectivity index (χ4n) is 8.52. The monoisotopic (exact) mass is 698 g/mol. The molecular weight excluding hydrogens is 662 g/mol. The maximum absolute atomic E-state index is 16.8. The van der Waals surface area contributed by atoms with Crippen LogP contribution in [-0.2, 0) is 24.9 Å². The van der Waals surface area contributed by atoms with E-state index in [2.05, 4.69) is 26.0 Å². The van der Waals surface area contributed by atoms with Crippen molar-refractivity contribution in [3.8, 4) is 12.1 Å². The molecule has 2 atom stereocenters. The van der Waals surface area contributed by atoms with Gasteiger partial charge in [0.1, 0.15) is 23.8 Å². The number of nitriles is 1. The molecule has 1 aliphatic carbocycles. The second-order valence-electron chi connectivity index (χ2n) is 14.0. The predicted octanol–water partition coefficient (Wildman–Crippen LogP) is 3.75. The van der Waals surface area contributed by atoms with Gasteiger partial charge < -0.3 is 25.2 Å². The largest absolute Gasteiger partial charge is 0.461 e. The molecule has 8 rings (SSSR count). The Hall–Kier alpha value is -3.74. The number of thiophene rings is 1. The molecule has 1 unspecified atom stereocenters. The molecule has 2 N–H and O–H groups in total. The molecule has 12 nitrogen and oxygen atoms in total. The van der Waals surface area contributed by atoms with Crippen molar-refractivity contribution in [2.75, 3.05) is 69.0 Å². The Morgan fingerprint density at radius 1 is 1.19 bits per heavy atom. The third-order valence-electron chi connectivity index (χ3n) is 10.8. The summed E-state index contributed by atoms with van der Waals surface area (Å²) in [6.45, 7) is 3.51. The van der Waals surface area contributed by atoms with Crippen molar-refractivity contribution >= 4 is 45.5 Å². The minimum Gasteiger partial charge on any atom is -0.461 e. The molecule has 0 radical (unpaired) electrons. The summed E-state index contributed by atoms with van der Waals surface area (Å²) in [5, 5.41) is 15.1. The summed E-state index contributed by atoms with van der Waals surface area (Å²) in [5.41, 5.74) is 7.75. The summed E-state index contributed by atoms with van der Waals surface area (Å²) in [7, 11) is 3.28. The molecule has 4 aliphatic heterocycles. The van der Waals surface area contributed by atoms with E-state index >= 15 is 4.39 Å². The minimum atomic E-state index is -0.914. The molecule has 254 valence electrons. The van der Waals surface area contributed by atoms with Crippen LogP contribution in [0, 0.1) is 17.1 Å². The van der Waals surface area contributed by atoms with Crippen LogP contribution in [0.15, 0.2) is 0 Å². The van der Waals surface area contributed by atoms with Crippen molar-refractivity contribution in [3.63, 3.8) is 0 Å². The lowest BCUT2D eigenvalue weighted by Crippen LogP contribution is -2.59. The van der Waals surface area contributed by atoms with Crippen LogP contribution >= 0.6 is 22.9 Å². The first-order valence-electron chi connectivity index (χ1n) is 16.4. The first kappa shape index (κ1) is 31.5. The molecule has 5 aliphatic rings. The topological polar surface area (TPSA) is 133 Å². The van der Waals surface area contributed by atoms with Gasteiger partial charge in [0.2, 0.25) is 5.82 Å². The lowest BCUT2D eigenvalue weighted by atomic mass is 9.74. The standard InChI is InChI=1S/C32H37ClF2N10O2S/c1-41(2)29(46)25-23(33)20-14-42(8-4-10-45(20)40-25)27-24(35)28(39-30(38-27)47-17-32-6-3-9-44(32)13-18(34)11-32)43-15-31(16-43)7-5-21-22(31)19(12-36)26(37)48-21/h18H,3-11,13-17,37H2,1-2H3/t18?,32-/m0/s1. The smallest absolute Gasteiger partial charge is 0.320 e. The average Bonchev–Trinajstić information content (AvgIpc) is 3.79. The van der Waals surface area contributed by atoms with Gasteiger partial charge in [-0.25, -0.2) is 4.39 Å². The zero-order valence-corrected chi connectivity index (χ0v) is 28.5. The van der Waals surface area contributed by atoms with Crippen LogP contribution in [0.25, 0.3) is 0 Å². The van der Waals surface area contributed by atoms with E-state index < -0.39 is 17.5 Å². The SMILES string of the molecule is CN(C)C(=O)c1nn2c(c1Cl)CN(c1nc(OC[C@@]34CCCN3CC(F)C4)nc(N3CC4(CCc5sc(N)c(C#N)c54)C3)c1F)CCC2. The van der Waals surface area contributed by atoms with E-state index in [1.165, 1.54) is 16.2 Å². The second kappa shape index (κ2) is 11.4. The lowest BCUT2D eigenvalue weighted by Gasteiger charge is -2.49. The highest BCUT2D eigenvalue weighted by molar-refractivity contribution is 7.16. The maximum atomic E-state index is 16.8. The molecule has 16 heteroatoms. The summed E-state index contributed by atoms with van der Waals surface area (Å²) in [4.78, 5) is 30.4. The Labute approximate surface area is 286 Å². The Morgan fingerprint density at radius 3 is 2.71 bits per heavy atom. The summed E-state index contributed by atoms with van der Waals surface area (Å²) in [6, 6.07) is 2.32. The number of ether oxygens (including phenoxy) is 1. The molecule has 0 bridgehead atoms. The van der Waals surface area contributed by atoms with Crippen molar-refractivity contribution in [2.24, 2.45) is 0 Å². The number of fused-ring (bicyclic) bond motifs is 4. The minimum absolute atomic E-state index is 0.0304. The number of nitrogen functional groups attached to an aromatic ring is 1. The Bertz CT molecular complexity index is 1850. The quantitative estimate of drug-likeness (QED) is 0.406. The molecule has 3 fully saturated rings. The molecule has 3 aromatic heterocycles. The Morgan fingerprint density at radius 2 is 1.96 bits per heavy atom. The van der Waals surface area contributed by atoms with Gasteiger partial charge in [-0.3, -0.25) is 14.4 Å². The fraction of sp³-hybridized carbons (Fsp3) is 0.594. The number of hydrogen-bond donors (Lipinski definition) is 1.